The summed E-state index contributed by atoms with van der Waals surface area (Å²) in [7, 11) is 0. The van der Waals surface area contributed by atoms with Crippen LogP contribution in [0.15, 0.2) is 60.2 Å². The summed E-state index contributed by atoms with van der Waals surface area (Å²) < 4.78 is 10.7. The van der Waals surface area contributed by atoms with E-state index in [4.69, 9.17) is 9.47 Å². The van der Waals surface area contributed by atoms with Gasteiger partial charge in [0, 0.05) is 35.7 Å². The van der Waals surface area contributed by atoms with E-state index >= 15 is 0 Å². The van der Waals surface area contributed by atoms with E-state index in [0.29, 0.717) is 11.3 Å². The van der Waals surface area contributed by atoms with Crippen molar-refractivity contribution in [3.05, 3.63) is 65.8 Å². The number of nitrogens with zero attached hydrogens (tertiary/aromatic N) is 1. The highest BCUT2D eigenvalue weighted by molar-refractivity contribution is 6.26. The van der Waals surface area contributed by atoms with Gasteiger partial charge in [-0.3, -0.25) is 4.79 Å². The van der Waals surface area contributed by atoms with E-state index in [1.807, 2.05) is 6.07 Å². The third-order valence-corrected chi connectivity index (χ3v) is 4.00. The Morgan fingerprint density at radius 3 is 3.04 bits per heavy atom. The van der Waals surface area contributed by atoms with Crippen molar-refractivity contribution in [2.45, 2.75) is 6.92 Å². The molecule has 0 aliphatic carbocycles. The van der Waals surface area contributed by atoms with Crippen molar-refractivity contribution in [2.75, 3.05) is 11.9 Å². The number of H-pyrrole nitrogens is 2. The normalized spacial score (nSPS) is 15.4. The maximum absolute atomic E-state index is 12.8. The largest absolute Gasteiger partial charge is 0.462 e. The molecule has 4 rings (SSSR count). The highest BCUT2D eigenvalue weighted by Gasteiger charge is 2.37. The average Bonchev–Trinajstić information content (AvgIpc) is 3.37. The second-order valence-corrected chi connectivity index (χ2v) is 5.73. The maximum atomic E-state index is 12.8. The van der Waals surface area contributed by atoms with Crippen LogP contribution in [0.25, 0.3) is 17.1 Å². The lowest BCUT2D eigenvalue weighted by Crippen LogP contribution is -2.16. The number of rotatable bonds is 5. The summed E-state index contributed by atoms with van der Waals surface area (Å²) in [6.07, 6.45) is 8.36. The van der Waals surface area contributed by atoms with Crippen LogP contribution in [0.3, 0.4) is 0 Å². The summed E-state index contributed by atoms with van der Waals surface area (Å²) in [5.74, 6) is -1.20. The number of aromatic amines is 2. The topological polar surface area (TPSA) is 109 Å². The van der Waals surface area contributed by atoms with Gasteiger partial charge >= 0.3 is 5.97 Å². The van der Waals surface area contributed by atoms with Gasteiger partial charge in [-0.25, -0.2) is 9.78 Å². The van der Waals surface area contributed by atoms with Gasteiger partial charge in [0.05, 0.1) is 12.3 Å². The molecule has 8 nitrogen and oxygen atoms in total. The summed E-state index contributed by atoms with van der Waals surface area (Å²) in [6.45, 7) is 1.83. The van der Waals surface area contributed by atoms with Crippen LogP contribution in [0.1, 0.15) is 12.5 Å². The number of ether oxygens (including phenoxy) is 2. The van der Waals surface area contributed by atoms with Gasteiger partial charge in [-0.2, -0.15) is 0 Å². The third kappa shape index (κ3) is 3.08. The first-order chi connectivity index (χ1) is 13.2. The van der Waals surface area contributed by atoms with E-state index < -0.39 is 11.8 Å². The Labute approximate surface area is 153 Å². The Morgan fingerprint density at radius 2 is 2.26 bits per heavy atom. The van der Waals surface area contributed by atoms with Crippen molar-refractivity contribution < 1.29 is 19.1 Å². The molecule has 0 saturated heterocycles. The van der Waals surface area contributed by atoms with Gasteiger partial charge in [0.1, 0.15) is 5.65 Å². The summed E-state index contributed by atoms with van der Waals surface area (Å²) in [6, 6.07) is 5.43. The fourth-order valence-electron chi connectivity index (χ4n) is 2.78. The zero-order valence-electron chi connectivity index (χ0n) is 14.4. The van der Waals surface area contributed by atoms with Crippen molar-refractivity contribution in [1.82, 2.24) is 15.0 Å². The molecule has 0 saturated carbocycles. The van der Waals surface area contributed by atoms with E-state index in [2.05, 4.69) is 20.3 Å². The molecule has 27 heavy (non-hydrogen) atoms. The van der Waals surface area contributed by atoms with E-state index in [0.717, 1.165) is 10.9 Å². The molecule has 0 bridgehead atoms. The van der Waals surface area contributed by atoms with Gasteiger partial charge in [-0.1, -0.05) is 0 Å². The van der Waals surface area contributed by atoms with Crippen molar-refractivity contribution in [3.8, 4) is 0 Å². The number of pyridine rings is 1. The molecule has 1 aliphatic heterocycles. The fourth-order valence-corrected chi connectivity index (χ4v) is 2.78. The van der Waals surface area contributed by atoms with E-state index in [-0.39, 0.29) is 23.8 Å². The number of nitrogens with one attached hydrogen (secondary N) is 3. The van der Waals surface area contributed by atoms with Crippen LogP contribution in [0, 0.1) is 0 Å². The molecule has 0 atom stereocenters. The van der Waals surface area contributed by atoms with Crippen molar-refractivity contribution >= 4 is 34.5 Å². The molecule has 3 aromatic rings. The first kappa shape index (κ1) is 16.6. The van der Waals surface area contributed by atoms with Crippen LogP contribution >= 0.6 is 0 Å². The van der Waals surface area contributed by atoms with Crippen LogP contribution in [-0.4, -0.2) is 33.3 Å². The molecule has 0 unspecified atom stereocenters. The molecule has 1 aliphatic rings. The molecular formula is C19H16N4O4. The minimum absolute atomic E-state index is 0.0286. The van der Waals surface area contributed by atoms with Crippen LogP contribution in [0.2, 0.25) is 0 Å². The van der Waals surface area contributed by atoms with Crippen molar-refractivity contribution in [2.24, 2.45) is 0 Å². The van der Waals surface area contributed by atoms with Crippen LogP contribution in [-0.2, 0) is 19.1 Å². The number of hydrogen-bond acceptors (Lipinski definition) is 6. The number of allylic oxidation sites excluding steroid dienone is 1. The second kappa shape index (κ2) is 6.83. The Balaban J connectivity index is 1.70. The molecule has 0 amide bonds. The lowest BCUT2D eigenvalue weighted by Gasteiger charge is -2.06. The number of Topliss-reactive ketones (excluding diaryl/α,β-unsaturated/α-hetero) is 1. The number of hydrogen-bond donors (Lipinski definition) is 3. The standard InChI is InChI=1S/C19H16N4O4/c1-2-26-19(25)15-16(24)14(27-18(15)23-12-5-7-20-10-12)8-11-9-22-17-13(11)4-3-6-21-17/h3-10,20,23H,2H2,1H3,(H,21,22)/b14-8-. The molecule has 4 heterocycles. The van der Waals surface area contributed by atoms with Crippen LogP contribution in [0.4, 0.5) is 5.69 Å². The highest BCUT2D eigenvalue weighted by Crippen LogP contribution is 2.30. The second-order valence-electron chi connectivity index (χ2n) is 5.73. The van der Waals surface area contributed by atoms with Gasteiger partial charge < -0.3 is 24.8 Å². The number of carbonyl (C=O) groups is 2. The van der Waals surface area contributed by atoms with Gasteiger partial charge in [-0.05, 0) is 31.2 Å². The molecule has 3 N–H and O–H groups in total. The molecule has 3 aromatic heterocycles. The lowest BCUT2D eigenvalue weighted by atomic mass is 10.1. The summed E-state index contributed by atoms with van der Waals surface area (Å²) in [5.41, 5.74) is 1.91. The van der Waals surface area contributed by atoms with E-state index in [1.54, 1.807) is 49.9 Å². The Morgan fingerprint density at radius 1 is 1.37 bits per heavy atom. The quantitative estimate of drug-likeness (QED) is 0.365. The number of esters is 1. The lowest BCUT2D eigenvalue weighted by molar-refractivity contribution is -0.139. The number of ketones is 1. The first-order valence-electron chi connectivity index (χ1n) is 8.35. The average molecular weight is 364 g/mol. The molecule has 0 radical (unpaired) electrons. The SMILES string of the molecule is CCOC(=O)C1=C(Nc2cc[nH]c2)O/C(=C\c2c[nH]c3ncccc23)C1=O. The number of anilines is 1. The Bertz CT molecular complexity index is 1080. The van der Waals surface area contributed by atoms with Crippen molar-refractivity contribution in [3.63, 3.8) is 0 Å². The smallest absolute Gasteiger partial charge is 0.347 e. The zero-order chi connectivity index (χ0) is 18.8. The summed E-state index contributed by atoms with van der Waals surface area (Å²) >= 11 is 0. The van der Waals surface area contributed by atoms with E-state index in [1.165, 1.54) is 0 Å². The molecule has 0 fully saturated rings. The minimum Gasteiger partial charge on any atom is -0.462 e. The van der Waals surface area contributed by atoms with Gasteiger partial charge in [0.2, 0.25) is 11.7 Å². The molecular weight excluding hydrogens is 348 g/mol. The third-order valence-electron chi connectivity index (χ3n) is 4.00. The predicted molar refractivity (Wildman–Crippen MR) is 98.2 cm³/mol. The van der Waals surface area contributed by atoms with E-state index in [9.17, 15) is 9.59 Å². The highest BCUT2D eigenvalue weighted by atomic mass is 16.5. The zero-order valence-corrected chi connectivity index (χ0v) is 14.4. The Kier molecular flexibility index (Phi) is 4.21. The number of aromatic nitrogens is 3. The molecule has 0 spiro atoms. The van der Waals surface area contributed by atoms with Crippen LogP contribution < -0.4 is 5.32 Å². The molecule has 136 valence electrons. The monoisotopic (exact) mass is 364 g/mol. The minimum atomic E-state index is -0.732. The van der Waals surface area contributed by atoms with Gasteiger partial charge in [-0.15, -0.1) is 0 Å². The number of fused-ring (bicyclic) bond motifs is 1. The molecule has 0 aromatic carbocycles. The predicted octanol–water partition coefficient (Wildman–Crippen LogP) is 2.72. The maximum Gasteiger partial charge on any atom is 0.347 e. The van der Waals surface area contributed by atoms with Crippen LogP contribution in [0.5, 0.6) is 0 Å². The Hall–Kier alpha value is -3.81. The number of carbonyl (C=O) groups excluding carboxylic acids is 2. The van der Waals surface area contributed by atoms with Crippen molar-refractivity contribution in [1.29, 1.82) is 0 Å². The van der Waals surface area contributed by atoms with Gasteiger partial charge in [0.15, 0.2) is 11.3 Å². The first-order valence-corrected chi connectivity index (χ1v) is 8.35. The fraction of sp³-hybridized carbons (Fsp3) is 0.105. The summed E-state index contributed by atoms with van der Waals surface area (Å²) in [5, 5.41) is 3.77. The molecule has 8 heteroatoms. The van der Waals surface area contributed by atoms with Gasteiger partial charge in [0.25, 0.3) is 0 Å². The summed E-state index contributed by atoms with van der Waals surface area (Å²) in [4.78, 5) is 35.2.